The van der Waals surface area contributed by atoms with Crippen molar-refractivity contribution < 1.29 is 27.8 Å². The molecule has 6 nitrogen and oxygen atoms in total. The molecule has 8 heteroatoms. The molecule has 0 aliphatic heterocycles. The van der Waals surface area contributed by atoms with E-state index >= 15 is 0 Å². The van der Waals surface area contributed by atoms with Gasteiger partial charge in [0.2, 0.25) is 5.91 Å². The molecule has 0 heterocycles. The summed E-state index contributed by atoms with van der Waals surface area (Å²) < 4.78 is 34.1. The molecule has 2 N–H and O–H groups in total. The van der Waals surface area contributed by atoms with Crippen molar-refractivity contribution in [2.24, 2.45) is 0 Å². The number of carbonyl (C=O) groups excluding carboxylic acids is 2. The molecule has 28 heavy (non-hydrogen) atoms. The maximum Gasteiger partial charge on any atom is 0.387 e. The van der Waals surface area contributed by atoms with E-state index in [-0.39, 0.29) is 23.9 Å². The van der Waals surface area contributed by atoms with Crippen molar-refractivity contribution in [3.8, 4) is 11.5 Å². The fraction of sp³-hybridized carbons (Fsp3) is 0.300. The molecule has 0 spiro atoms. The lowest BCUT2D eigenvalue weighted by atomic mass is 10.0. The zero-order chi connectivity index (χ0) is 20.7. The molecule has 0 saturated heterocycles. The Morgan fingerprint density at radius 1 is 1.14 bits per heavy atom. The second-order valence-corrected chi connectivity index (χ2v) is 6.12. The number of benzene rings is 2. The molecule has 2 amide bonds. The van der Waals surface area contributed by atoms with Crippen molar-refractivity contribution in [1.82, 2.24) is 10.6 Å². The number of hydrogen-bond donors (Lipinski definition) is 2. The third-order valence-electron chi connectivity index (χ3n) is 3.96. The van der Waals surface area contributed by atoms with Crippen molar-refractivity contribution in [2.75, 3.05) is 13.7 Å². The first-order valence-corrected chi connectivity index (χ1v) is 8.57. The van der Waals surface area contributed by atoms with Crippen LogP contribution < -0.4 is 20.1 Å². The molecule has 0 aliphatic carbocycles. The summed E-state index contributed by atoms with van der Waals surface area (Å²) in [6.45, 7) is 0.493. The SMILES string of the molecule is COc1ccc(C)cc1C(C)NC(=O)CNC(=O)c1cccc(OC(F)F)c1. The van der Waals surface area contributed by atoms with Crippen LogP contribution in [0.1, 0.15) is 34.5 Å². The molecule has 2 aromatic rings. The third-order valence-corrected chi connectivity index (χ3v) is 3.96. The normalized spacial score (nSPS) is 11.6. The Labute approximate surface area is 161 Å². The van der Waals surface area contributed by atoms with Gasteiger partial charge in [0.15, 0.2) is 0 Å². The zero-order valence-electron chi connectivity index (χ0n) is 15.8. The minimum atomic E-state index is -2.98. The monoisotopic (exact) mass is 392 g/mol. The van der Waals surface area contributed by atoms with Gasteiger partial charge >= 0.3 is 6.61 Å². The Bertz CT molecular complexity index is 843. The van der Waals surface area contributed by atoms with Crippen LogP contribution in [0.4, 0.5) is 8.78 Å². The molecular formula is C20H22F2N2O4. The highest BCUT2D eigenvalue weighted by molar-refractivity contribution is 5.96. The smallest absolute Gasteiger partial charge is 0.387 e. The van der Waals surface area contributed by atoms with Crippen molar-refractivity contribution >= 4 is 11.8 Å². The molecule has 2 rings (SSSR count). The maximum atomic E-state index is 12.3. The lowest BCUT2D eigenvalue weighted by Crippen LogP contribution is -2.38. The summed E-state index contributed by atoms with van der Waals surface area (Å²) in [6, 6.07) is 10.7. The summed E-state index contributed by atoms with van der Waals surface area (Å²) >= 11 is 0. The summed E-state index contributed by atoms with van der Waals surface area (Å²) in [5.74, 6) is -0.453. The third kappa shape index (κ3) is 5.94. The van der Waals surface area contributed by atoms with Gasteiger partial charge in [0.25, 0.3) is 5.91 Å². The van der Waals surface area contributed by atoms with Gasteiger partial charge in [-0.05, 0) is 38.1 Å². The highest BCUT2D eigenvalue weighted by Gasteiger charge is 2.16. The number of methoxy groups -OCH3 is 1. The van der Waals surface area contributed by atoms with Gasteiger partial charge in [0.05, 0.1) is 19.7 Å². The van der Waals surface area contributed by atoms with Crippen LogP contribution in [0.2, 0.25) is 0 Å². The van der Waals surface area contributed by atoms with Crippen molar-refractivity contribution in [1.29, 1.82) is 0 Å². The first-order valence-electron chi connectivity index (χ1n) is 8.57. The minimum Gasteiger partial charge on any atom is -0.496 e. The van der Waals surface area contributed by atoms with Gasteiger partial charge < -0.3 is 20.1 Å². The molecule has 0 aliphatic rings. The van der Waals surface area contributed by atoms with Gasteiger partial charge in [-0.2, -0.15) is 8.78 Å². The molecule has 0 bridgehead atoms. The highest BCUT2D eigenvalue weighted by Crippen LogP contribution is 2.25. The number of ether oxygens (including phenoxy) is 2. The lowest BCUT2D eigenvalue weighted by Gasteiger charge is -2.18. The average Bonchev–Trinajstić information content (AvgIpc) is 2.65. The number of halogens is 2. The number of hydrogen-bond acceptors (Lipinski definition) is 4. The fourth-order valence-corrected chi connectivity index (χ4v) is 2.64. The van der Waals surface area contributed by atoms with E-state index in [4.69, 9.17) is 4.74 Å². The second kappa shape index (κ2) is 9.68. The van der Waals surface area contributed by atoms with Crippen molar-refractivity contribution in [2.45, 2.75) is 26.5 Å². The summed E-state index contributed by atoms with van der Waals surface area (Å²) in [6.07, 6.45) is 0. The van der Waals surface area contributed by atoms with E-state index in [2.05, 4.69) is 15.4 Å². The average molecular weight is 392 g/mol. The number of carbonyl (C=O) groups is 2. The fourth-order valence-electron chi connectivity index (χ4n) is 2.64. The van der Waals surface area contributed by atoms with E-state index < -0.39 is 18.4 Å². The van der Waals surface area contributed by atoms with Crippen LogP contribution >= 0.6 is 0 Å². The van der Waals surface area contributed by atoms with Crippen LogP contribution in [0, 0.1) is 6.92 Å². The second-order valence-electron chi connectivity index (χ2n) is 6.12. The number of rotatable bonds is 8. The zero-order valence-corrected chi connectivity index (χ0v) is 15.8. The topological polar surface area (TPSA) is 76.7 Å². The lowest BCUT2D eigenvalue weighted by molar-refractivity contribution is -0.120. The minimum absolute atomic E-state index is 0.111. The Morgan fingerprint density at radius 2 is 1.89 bits per heavy atom. The van der Waals surface area contributed by atoms with Crippen LogP contribution in [0.15, 0.2) is 42.5 Å². The number of nitrogens with one attached hydrogen (secondary N) is 2. The van der Waals surface area contributed by atoms with Gasteiger partial charge in [0, 0.05) is 11.1 Å². The first-order chi connectivity index (χ1) is 13.3. The molecule has 0 fully saturated rings. The first kappa shape index (κ1) is 21.1. The number of aryl methyl sites for hydroxylation is 1. The van der Waals surface area contributed by atoms with Crippen LogP contribution in [0.5, 0.6) is 11.5 Å². The van der Waals surface area contributed by atoms with Crippen LogP contribution in [-0.2, 0) is 4.79 Å². The molecule has 1 atom stereocenters. The summed E-state index contributed by atoms with van der Waals surface area (Å²) in [5, 5.41) is 5.24. The quantitative estimate of drug-likeness (QED) is 0.723. The van der Waals surface area contributed by atoms with E-state index in [1.54, 1.807) is 7.11 Å². The van der Waals surface area contributed by atoms with Crippen molar-refractivity contribution in [3.63, 3.8) is 0 Å². The molecule has 0 radical (unpaired) electrons. The van der Waals surface area contributed by atoms with Gasteiger partial charge in [-0.3, -0.25) is 9.59 Å². The maximum absolute atomic E-state index is 12.3. The molecule has 150 valence electrons. The van der Waals surface area contributed by atoms with Gasteiger partial charge in [0.1, 0.15) is 11.5 Å². The van der Waals surface area contributed by atoms with Gasteiger partial charge in [-0.1, -0.05) is 23.8 Å². The van der Waals surface area contributed by atoms with Crippen LogP contribution in [0.3, 0.4) is 0 Å². The Balaban J connectivity index is 1.93. The largest absolute Gasteiger partial charge is 0.496 e. The molecule has 0 aromatic heterocycles. The van der Waals surface area contributed by atoms with E-state index in [1.807, 2.05) is 32.0 Å². The van der Waals surface area contributed by atoms with E-state index in [0.29, 0.717) is 5.75 Å². The molecular weight excluding hydrogens is 370 g/mol. The van der Waals surface area contributed by atoms with Crippen molar-refractivity contribution in [3.05, 3.63) is 59.2 Å². The van der Waals surface area contributed by atoms with Crippen LogP contribution in [0.25, 0.3) is 0 Å². The number of amides is 2. The Hall–Kier alpha value is -3.16. The molecule has 2 aromatic carbocycles. The van der Waals surface area contributed by atoms with Crippen LogP contribution in [-0.4, -0.2) is 32.1 Å². The Kier molecular flexibility index (Phi) is 7.31. The summed E-state index contributed by atoms with van der Waals surface area (Å²) in [7, 11) is 1.55. The Morgan fingerprint density at radius 3 is 2.57 bits per heavy atom. The van der Waals surface area contributed by atoms with E-state index in [1.165, 1.54) is 24.3 Å². The van der Waals surface area contributed by atoms with Gasteiger partial charge in [-0.15, -0.1) is 0 Å². The van der Waals surface area contributed by atoms with E-state index in [9.17, 15) is 18.4 Å². The van der Waals surface area contributed by atoms with E-state index in [0.717, 1.165) is 11.1 Å². The highest BCUT2D eigenvalue weighted by atomic mass is 19.3. The molecule has 1 unspecified atom stereocenters. The predicted molar refractivity (Wildman–Crippen MR) is 99.7 cm³/mol. The predicted octanol–water partition coefficient (Wildman–Crippen LogP) is 3.21. The van der Waals surface area contributed by atoms with Gasteiger partial charge in [-0.25, -0.2) is 0 Å². The summed E-state index contributed by atoms with van der Waals surface area (Å²) in [5.41, 5.74) is 1.95. The standard InChI is InChI=1S/C20H22F2N2O4/c1-12-7-8-17(27-3)16(9-12)13(2)24-18(25)11-23-19(26)14-5-4-6-15(10-14)28-20(21)22/h4-10,13,20H,11H2,1-3H3,(H,23,26)(H,24,25). The molecule has 0 saturated carbocycles. The summed E-state index contributed by atoms with van der Waals surface area (Å²) in [4.78, 5) is 24.3. The number of alkyl halides is 2.